The van der Waals surface area contributed by atoms with Crippen LogP contribution in [0.3, 0.4) is 0 Å². The molecule has 1 rings (SSSR count). The number of halogens is 3. The first-order valence-corrected chi connectivity index (χ1v) is 6.65. The highest BCUT2D eigenvalue weighted by molar-refractivity contribution is 7.91. The van der Waals surface area contributed by atoms with Crippen molar-refractivity contribution in [1.29, 1.82) is 0 Å². The second-order valence-electron chi connectivity index (χ2n) is 2.58. The van der Waals surface area contributed by atoms with E-state index in [1.807, 2.05) is 0 Å². The summed E-state index contributed by atoms with van der Waals surface area (Å²) in [5, 5.41) is 0.530. The summed E-state index contributed by atoms with van der Waals surface area (Å²) in [6, 6.07) is 4.26. The zero-order valence-corrected chi connectivity index (χ0v) is 10.1. The molecule has 0 aliphatic rings. The van der Waals surface area contributed by atoms with Crippen molar-refractivity contribution in [1.82, 2.24) is 0 Å². The summed E-state index contributed by atoms with van der Waals surface area (Å²) in [7, 11) is -3.38. The van der Waals surface area contributed by atoms with E-state index in [1.165, 1.54) is 18.2 Å². The lowest BCUT2D eigenvalue weighted by Crippen LogP contribution is -2.08. The molecule has 0 amide bonds. The molecule has 6 heteroatoms. The van der Waals surface area contributed by atoms with E-state index in [0.717, 1.165) is 0 Å². The summed E-state index contributed by atoms with van der Waals surface area (Å²) >= 11 is 16.8. The number of benzene rings is 1. The van der Waals surface area contributed by atoms with E-state index in [2.05, 4.69) is 0 Å². The quantitative estimate of drug-likeness (QED) is 0.793. The molecule has 14 heavy (non-hydrogen) atoms. The standard InChI is InChI=1S/C8H7Cl3O2S/c9-3-4-14(12,13)8-2-1-6(10)5-7(8)11/h1-2,5H,3-4H2. The van der Waals surface area contributed by atoms with Crippen molar-refractivity contribution in [2.45, 2.75) is 4.90 Å². The van der Waals surface area contributed by atoms with Crippen molar-refractivity contribution in [3.63, 3.8) is 0 Å². The Hall–Kier alpha value is 0.0400. The van der Waals surface area contributed by atoms with Crippen molar-refractivity contribution in [3.05, 3.63) is 28.2 Å². The minimum absolute atomic E-state index is 0.0429. The average molecular weight is 274 g/mol. The molecule has 0 atom stereocenters. The molecule has 0 aliphatic heterocycles. The van der Waals surface area contributed by atoms with Gasteiger partial charge in [-0.2, -0.15) is 0 Å². The van der Waals surface area contributed by atoms with Crippen LogP contribution in [-0.2, 0) is 9.84 Å². The van der Waals surface area contributed by atoms with Crippen LogP contribution in [0.2, 0.25) is 10.0 Å². The topological polar surface area (TPSA) is 34.1 Å². The molecule has 0 saturated carbocycles. The van der Waals surface area contributed by atoms with E-state index in [4.69, 9.17) is 34.8 Å². The number of hydrogen-bond acceptors (Lipinski definition) is 2. The Balaban J connectivity index is 3.20. The first-order valence-electron chi connectivity index (χ1n) is 3.71. The molecule has 1 aromatic carbocycles. The molecule has 0 fully saturated rings. The summed E-state index contributed by atoms with van der Waals surface area (Å²) in [6.45, 7) is 0. The monoisotopic (exact) mass is 272 g/mol. The summed E-state index contributed by atoms with van der Waals surface area (Å²) in [4.78, 5) is 0.0733. The Morgan fingerprint density at radius 1 is 1.21 bits per heavy atom. The van der Waals surface area contributed by atoms with E-state index < -0.39 is 9.84 Å². The van der Waals surface area contributed by atoms with Gasteiger partial charge in [0.05, 0.1) is 15.7 Å². The van der Waals surface area contributed by atoms with Crippen LogP contribution in [0.25, 0.3) is 0 Å². The van der Waals surface area contributed by atoms with E-state index >= 15 is 0 Å². The number of sulfone groups is 1. The molecule has 0 heterocycles. The molecule has 0 N–H and O–H groups in total. The fourth-order valence-corrected chi connectivity index (χ4v) is 3.36. The average Bonchev–Trinajstić information content (AvgIpc) is 2.02. The molecule has 0 unspecified atom stereocenters. The van der Waals surface area contributed by atoms with Crippen molar-refractivity contribution >= 4 is 44.6 Å². The smallest absolute Gasteiger partial charge is 0.181 e. The highest BCUT2D eigenvalue weighted by atomic mass is 35.5. The maximum absolute atomic E-state index is 11.6. The first-order chi connectivity index (χ1) is 6.47. The normalized spacial score (nSPS) is 11.6. The van der Waals surface area contributed by atoms with Crippen molar-refractivity contribution < 1.29 is 8.42 Å². The zero-order chi connectivity index (χ0) is 10.8. The fourth-order valence-electron chi connectivity index (χ4n) is 0.939. The van der Waals surface area contributed by atoms with Crippen LogP contribution >= 0.6 is 34.8 Å². The van der Waals surface area contributed by atoms with Gasteiger partial charge < -0.3 is 0 Å². The van der Waals surface area contributed by atoms with Crippen molar-refractivity contribution in [2.75, 3.05) is 11.6 Å². The lowest BCUT2D eigenvalue weighted by Gasteiger charge is -2.04. The van der Waals surface area contributed by atoms with Gasteiger partial charge in [-0.05, 0) is 18.2 Å². The van der Waals surface area contributed by atoms with Crippen LogP contribution in [0.15, 0.2) is 23.1 Å². The van der Waals surface area contributed by atoms with Gasteiger partial charge in [-0.25, -0.2) is 8.42 Å². The number of hydrogen-bond donors (Lipinski definition) is 0. The number of rotatable bonds is 3. The Morgan fingerprint density at radius 3 is 2.36 bits per heavy atom. The van der Waals surface area contributed by atoms with E-state index in [1.54, 1.807) is 0 Å². The summed E-state index contributed by atoms with van der Waals surface area (Å²) in [5.74, 6) is -0.0861. The van der Waals surface area contributed by atoms with Crippen LogP contribution in [0.5, 0.6) is 0 Å². The summed E-state index contributed by atoms with van der Waals surface area (Å²) in [5.41, 5.74) is 0. The second kappa shape index (κ2) is 4.71. The van der Waals surface area contributed by atoms with E-state index in [0.29, 0.717) is 5.02 Å². The van der Waals surface area contributed by atoms with Crippen molar-refractivity contribution in [3.8, 4) is 0 Å². The van der Waals surface area contributed by atoms with Crippen LogP contribution in [-0.4, -0.2) is 20.1 Å². The van der Waals surface area contributed by atoms with Gasteiger partial charge in [0, 0.05) is 10.9 Å². The zero-order valence-electron chi connectivity index (χ0n) is 7.00. The third-order valence-corrected chi connectivity index (χ3v) is 4.42. The second-order valence-corrected chi connectivity index (χ2v) is 5.88. The molecule has 1 aromatic rings. The van der Waals surface area contributed by atoms with Gasteiger partial charge in [0.2, 0.25) is 0 Å². The molecule has 78 valence electrons. The molecule has 2 nitrogen and oxygen atoms in total. The minimum Gasteiger partial charge on any atom is -0.224 e. The summed E-state index contributed by atoms with van der Waals surface area (Å²) in [6.07, 6.45) is 0. The molecule has 0 saturated heterocycles. The van der Waals surface area contributed by atoms with Gasteiger partial charge >= 0.3 is 0 Å². The Morgan fingerprint density at radius 2 is 1.86 bits per heavy atom. The predicted molar refractivity (Wildman–Crippen MR) is 59.2 cm³/mol. The molecule has 0 spiro atoms. The number of alkyl halides is 1. The molecular formula is C8H7Cl3O2S. The molecule has 0 radical (unpaired) electrons. The lowest BCUT2D eigenvalue weighted by molar-refractivity contribution is 0.597. The van der Waals surface area contributed by atoms with Gasteiger partial charge in [0.15, 0.2) is 9.84 Å². The van der Waals surface area contributed by atoms with Gasteiger partial charge in [-0.3, -0.25) is 0 Å². The van der Waals surface area contributed by atoms with Gasteiger partial charge in [0.25, 0.3) is 0 Å². The molecule has 0 aliphatic carbocycles. The highest BCUT2D eigenvalue weighted by Crippen LogP contribution is 2.25. The maximum Gasteiger partial charge on any atom is 0.181 e. The summed E-state index contributed by atoms with van der Waals surface area (Å²) < 4.78 is 23.1. The molecular weight excluding hydrogens is 267 g/mol. The Kier molecular flexibility index (Phi) is 4.07. The van der Waals surface area contributed by atoms with Crippen LogP contribution in [0, 0.1) is 0 Å². The third kappa shape index (κ3) is 2.76. The third-order valence-electron chi connectivity index (χ3n) is 1.57. The van der Waals surface area contributed by atoms with Gasteiger partial charge in [-0.15, -0.1) is 11.6 Å². The first kappa shape index (κ1) is 12.1. The predicted octanol–water partition coefficient (Wildman–Crippen LogP) is 3.01. The Labute approximate surface area is 97.7 Å². The molecule has 0 bridgehead atoms. The molecule has 0 aromatic heterocycles. The van der Waals surface area contributed by atoms with Crippen LogP contribution < -0.4 is 0 Å². The fraction of sp³-hybridized carbons (Fsp3) is 0.250. The SMILES string of the molecule is O=S(=O)(CCCl)c1ccc(Cl)cc1Cl. The van der Waals surface area contributed by atoms with Crippen LogP contribution in [0.1, 0.15) is 0 Å². The minimum atomic E-state index is -3.38. The van der Waals surface area contributed by atoms with Gasteiger partial charge in [-0.1, -0.05) is 23.2 Å². The lowest BCUT2D eigenvalue weighted by atomic mass is 10.4. The van der Waals surface area contributed by atoms with Crippen molar-refractivity contribution in [2.24, 2.45) is 0 Å². The Bertz CT molecular complexity index is 428. The maximum atomic E-state index is 11.6. The van der Waals surface area contributed by atoms with Gasteiger partial charge in [0.1, 0.15) is 0 Å². The largest absolute Gasteiger partial charge is 0.224 e. The van der Waals surface area contributed by atoms with E-state index in [9.17, 15) is 8.42 Å². The van der Waals surface area contributed by atoms with Crippen LogP contribution in [0.4, 0.5) is 0 Å². The van der Waals surface area contributed by atoms with E-state index in [-0.39, 0.29) is 21.6 Å². The highest BCUT2D eigenvalue weighted by Gasteiger charge is 2.17.